The Bertz CT molecular complexity index is 328. The van der Waals surface area contributed by atoms with Gasteiger partial charge in [-0.05, 0) is 25.7 Å². The highest BCUT2D eigenvalue weighted by Crippen LogP contribution is 2.24. The van der Waals surface area contributed by atoms with E-state index in [1.165, 1.54) is 12.8 Å². The van der Waals surface area contributed by atoms with Crippen molar-refractivity contribution < 1.29 is 14.7 Å². The zero-order valence-electron chi connectivity index (χ0n) is 10.9. The molecule has 0 aromatic carbocycles. The number of amides is 1. The van der Waals surface area contributed by atoms with Crippen LogP contribution in [0, 0.1) is 5.92 Å². The lowest BCUT2D eigenvalue weighted by Gasteiger charge is -2.36. The van der Waals surface area contributed by atoms with Crippen molar-refractivity contribution in [3.8, 4) is 0 Å². The topological polar surface area (TPSA) is 69.6 Å². The molecule has 102 valence electrons. The van der Waals surface area contributed by atoms with Crippen LogP contribution in [-0.4, -0.2) is 47.1 Å². The molecule has 5 heteroatoms. The normalized spacial score (nSPS) is 28.2. The molecular weight excluding hydrogens is 232 g/mol. The maximum atomic E-state index is 11.9. The Morgan fingerprint density at radius 3 is 2.56 bits per heavy atom. The van der Waals surface area contributed by atoms with Crippen LogP contribution in [-0.2, 0) is 9.59 Å². The standard InChI is InChI=1S/C13H22N2O3/c1-2-3-12(16)15-7-9(13(17)18)6-11(8-15)14-10-4-5-10/h9-11,14H,2-8H2,1H3,(H,17,18). The van der Waals surface area contributed by atoms with Gasteiger partial charge in [-0.15, -0.1) is 0 Å². The third kappa shape index (κ3) is 3.45. The van der Waals surface area contributed by atoms with E-state index in [1.54, 1.807) is 4.90 Å². The van der Waals surface area contributed by atoms with Gasteiger partial charge in [-0.25, -0.2) is 0 Å². The van der Waals surface area contributed by atoms with Gasteiger partial charge in [0, 0.05) is 31.6 Å². The Kier molecular flexibility index (Phi) is 4.22. The van der Waals surface area contributed by atoms with Crippen molar-refractivity contribution in [3.63, 3.8) is 0 Å². The lowest BCUT2D eigenvalue weighted by molar-refractivity contribution is -0.146. The molecule has 1 saturated carbocycles. The second kappa shape index (κ2) is 5.69. The fourth-order valence-electron chi connectivity index (χ4n) is 2.56. The molecule has 1 aliphatic carbocycles. The summed E-state index contributed by atoms with van der Waals surface area (Å²) in [5.41, 5.74) is 0. The van der Waals surface area contributed by atoms with Crippen molar-refractivity contribution in [3.05, 3.63) is 0 Å². The number of aliphatic carboxylic acids is 1. The van der Waals surface area contributed by atoms with Gasteiger partial charge >= 0.3 is 5.97 Å². The molecule has 0 spiro atoms. The van der Waals surface area contributed by atoms with Gasteiger partial charge in [0.25, 0.3) is 0 Å². The van der Waals surface area contributed by atoms with E-state index < -0.39 is 11.9 Å². The summed E-state index contributed by atoms with van der Waals surface area (Å²) in [6, 6.07) is 0.693. The number of piperidine rings is 1. The fourth-order valence-corrected chi connectivity index (χ4v) is 2.56. The van der Waals surface area contributed by atoms with E-state index in [0.717, 1.165) is 6.42 Å². The van der Waals surface area contributed by atoms with E-state index in [1.807, 2.05) is 6.92 Å². The molecule has 2 rings (SSSR count). The van der Waals surface area contributed by atoms with E-state index in [-0.39, 0.29) is 11.9 Å². The molecular formula is C13H22N2O3. The van der Waals surface area contributed by atoms with Crippen LogP contribution in [0.15, 0.2) is 0 Å². The SMILES string of the molecule is CCCC(=O)N1CC(NC2CC2)CC(C(=O)O)C1. The average molecular weight is 254 g/mol. The molecule has 18 heavy (non-hydrogen) atoms. The molecule has 0 bridgehead atoms. The van der Waals surface area contributed by atoms with Crippen molar-refractivity contribution in [1.82, 2.24) is 10.2 Å². The van der Waals surface area contributed by atoms with Crippen molar-refractivity contribution in [2.24, 2.45) is 5.92 Å². The summed E-state index contributed by atoms with van der Waals surface area (Å²) in [4.78, 5) is 24.8. The highest BCUT2D eigenvalue weighted by Gasteiger charge is 2.35. The Morgan fingerprint density at radius 2 is 2.00 bits per heavy atom. The van der Waals surface area contributed by atoms with Gasteiger partial charge in [-0.2, -0.15) is 0 Å². The molecule has 1 amide bonds. The van der Waals surface area contributed by atoms with Gasteiger partial charge in [-0.1, -0.05) is 6.92 Å². The van der Waals surface area contributed by atoms with Crippen LogP contribution in [0.4, 0.5) is 0 Å². The number of rotatable bonds is 5. The number of carboxylic acids is 1. The van der Waals surface area contributed by atoms with Gasteiger partial charge in [0.15, 0.2) is 0 Å². The average Bonchev–Trinajstić information content (AvgIpc) is 3.12. The molecule has 0 aromatic rings. The largest absolute Gasteiger partial charge is 0.481 e. The number of carbonyl (C=O) groups is 2. The number of likely N-dealkylation sites (tertiary alicyclic amines) is 1. The van der Waals surface area contributed by atoms with Crippen LogP contribution >= 0.6 is 0 Å². The summed E-state index contributed by atoms with van der Waals surface area (Å²) in [5, 5.41) is 12.6. The molecule has 2 atom stereocenters. The molecule has 1 aliphatic heterocycles. The molecule has 0 radical (unpaired) electrons. The number of hydrogen-bond acceptors (Lipinski definition) is 3. The highest BCUT2D eigenvalue weighted by molar-refractivity contribution is 5.78. The highest BCUT2D eigenvalue weighted by atomic mass is 16.4. The predicted octanol–water partition coefficient (Wildman–Crippen LogP) is 0.840. The minimum atomic E-state index is -0.786. The van der Waals surface area contributed by atoms with Gasteiger partial charge in [-0.3, -0.25) is 9.59 Å². The second-order valence-electron chi connectivity index (χ2n) is 5.46. The molecule has 0 aromatic heterocycles. The van der Waals surface area contributed by atoms with Crippen LogP contribution in [0.25, 0.3) is 0 Å². The van der Waals surface area contributed by atoms with Crippen molar-refractivity contribution in [2.75, 3.05) is 13.1 Å². The molecule has 1 heterocycles. The van der Waals surface area contributed by atoms with E-state index in [2.05, 4.69) is 5.32 Å². The predicted molar refractivity (Wildman–Crippen MR) is 67.2 cm³/mol. The monoisotopic (exact) mass is 254 g/mol. The summed E-state index contributed by atoms with van der Waals surface area (Å²) >= 11 is 0. The number of nitrogens with one attached hydrogen (secondary N) is 1. The first-order valence-corrected chi connectivity index (χ1v) is 6.86. The van der Waals surface area contributed by atoms with Crippen LogP contribution in [0.1, 0.15) is 39.0 Å². The van der Waals surface area contributed by atoms with Gasteiger partial charge in [0.1, 0.15) is 0 Å². The van der Waals surface area contributed by atoms with E-state index >= 15 is 0 Å². The summed E-state index contributed by atoms with van der Waals surface area (Å²) in [7, 11) is 0. The number of nitrogens with zero attached hydrogens (tertiary/aromatic N) is 1. The first-order chi connectivity index (χ1) is 8.60. The Balaban J connectivity index is 1.95. The maximum Gasteiger partial charge on any atom is 0.308 e. The molecule has 1 saturated heterocycles. The van der Waals surface area contributed by atoms with Crippen LogP contribution in [0.3, 0.4) is 0 Å². The van der Waals surface area contributed by atoms with Crippen LogP contribution in [0.5, 0.6) is 0 Å². The fraction of sp³-hybridized carbons (Fsp3) is 0.846. The van der Waals surface area contributed by atoms with Crippen LogP contribution < -0.4 is 5.32 Å². The van der Waals surface area contributed by atoms with Gasteiger partial charge in [0.2, 0.25) is 5.91 Å². The van der Waals surface area contributed by atoms with Crippen LogP contribution in [0.2, 0.25) is 0 Å². The zero-order chi connectivity index (χ0) is 13.1. The molecule has 5 nitrogen and oxygen atoms in total. The quantitative estimate of drug-likeness (QED) is 0.763. The third-order valence-corrected chi connectivity index (χ3v) is 3.67. The third-order valence-electron chi connectivity index (χ3n) is 3.67. The summed E-state index contributed by atoms with van der Waals surface area (Å²) < 4.78 is 0. The second-order valence-corrected chi connectivity index (χ2v) is 5.46. The minimum Gasteiger partial charge on any atom is -0.481 e. The number of carboxylic acid groups (broad SMARTS) is 1. The Hall–Kier alpha value is -1.10. The first-order valence-electron chi connectivity index (χ1n) is 6.86. The summed E-state index contributed by atoms with van der Waals surface area (Å²) in [6.07, 6.45) is 4.33. The van der Waals surface area contributed by atoms with E-state index in [9.17, 15) is 9.59 Å². The van der Waals surface area contributed by atoms with E-state index in [0.29, 0.717) is 32.0 Å². The molecule has 2 unspecified atom stereocenters. The Morgan fingerprint density at radius 1 is 1.28 bits per heavy atom. The first kappa shape index (κ1) is 13.3. The van der Waals surface area contributed by atoms with Gasteiger partial charge in [0.05, 0.1) is 5.92 Å². The summed E-state index contributed by atoms with van der Waals surface area (Å²) in [5.74, 6) is -1.12. The summed E-state index contributed by atoms with van der Waals surface area (Å²) in [6.45, 7) is 3.01. The van der Waals surface area contributed by atoms with Crippen molar-refractivity contribution in [1.29, 1.82) is 0 Å². The maximum absolute atomic E-state index is 11.9. The van der Waals surface area contributed by atoms with E-state index in [4.69, 9.17) is 5.11 Å². The lowest BCUT2D eigenvalue weighted by Crippen LogP contribution is -2.53. The molecule has 2 N–H and O–H groups in total. The van der Waals surface area contributed by atoms with Gasteiger partial charge < -0.3 is 15.3 Å². The number of carbonyl (C=O) groups excluding carboxylic acids is 1. The molecule has 2 aliphatic rings. The smallest absolute Gasteiger partial charge is 0.308 e. The Labute approximate surface area is 108 Å². The van der Waals surface area contributed by atoms with Crippen molar-refractivity contribution >= 4 is 11.9 Å². The lowest BCUT2D eigenvalue weighted by atomic mass is 9.94. The minimum absolute atomic E-state index is 0.0889. The molecule has 2 fully saturated rings. The van der Waals surface area contributed by atoms with Crippen molar-refractivity contribution in [2.45, 2.75) is 51.1 Å². The zero-order valence-corrected chi connectivity index (χ0v) is 10.9. The number of hydrogen-bond donors (Lipinski definition) is 2.